The zero-order valence-corrected chi connectivity index (χ0v) is 12.9. The van der Waals surface area contributed by atoms with E-state index in [0.29, 0.717) is 13.0 Å². The van der Waals surface area contributed by atoms with E-state index in [1.165, 1.54) is 0 Å². The molecule has 0 saturated carbocycles. The number of halogens is 1. The molecule has 0 aliphatic rings. The van der Waals surface area contributed by atoms with Gasteiger partial charge >= 0.3 is 0 Å². The highest BCUT2D eigenvalue weighted by molar-refractivity contribution is 9.10. The van der Waals surface area contributed by atoms with Crippen molar-refractivity contribution >= 4 is 26.0 Å². The molecule has 0 radical (unpaired) electrons. The fourth-order valence-electron chi connectivity index (χ4n) is 1.47. The number of rotatable bonds is 8. The van der Waals surface area contributed by atoms with Crippen LogP contribution in [0.1, 0.15) is 18.9 Å². The molecular weight excluding hydrogens is 316 g/mol. The van der Waals surface area contributed by atoms with E-state index in [-0.39, 0.29) is 5.75 Å². The summed E-state index contributed by atoms with van der Waals surface area (Å²) in [5, 5.41) is 3.10. The van der Waals surface area contributed by atoms with Crippen LogP contribution in [0.3, 0.4) is 0 Å². The number of hydrogen-bond acceptors (Lipinski definition) is 3. The number of nitrogens with one attached hydrogen (secondary N) is 2. The minimum atomic E-state index is -3.19. The van der Waals surface area contributed by atoms with Gasteiger partial charge in [-0.3, -0.25) is 0 Å². The molecule has 1 rings (SSSR count). The van der Waals surface area contributed by atoms with Gasteiger partial charge in [0.05, 0.1) is 5.75 Å². The summed E-state index contributed by atoms with van der Waals surface area (Å²) in [5.41, 5.74) is 0.938. The molecule has 0 unspecified atom stereocenters. The van der Waals surface area contributed by atoms with Crippen molar-refractivity contribution in [3.8, 4) is 0 Å². The van der Waals surface area contributed by atoms with Gasteiger partial charge in [0, 0.05) is 11.0 Å². The molecule has 1 aromatic rings. The standard InChI is InChI=1S/C12H19BrN2O2S/c1-2-14-8-5-9-18(16,17)15-10-11-6-3-4-7-12(11)13/h3-4,6-7,14-15H,2,5,8-10H2,1H3. The Hall–Kier alpha value is -0.430. The normalized spacial score (nSPS) is 11.7. The fraction of sp³-hybridized carbons (Fsp3) is 0.500. The predicted molar refractivity (Wildman–Crippen MR) is 77.9 cm³/mol. The Morgan fingerprint density at radius 3 is 2.67 bits per heavy atom. The van der Waals surface area contributed by atoms with Gasteiger partial charge in [-0.1, -0.05) is 41.1 Å². The SMILES string of the molecule is CCNCCCS(=O)(=O)NCc1ccccc1Br. The largest absolute Gasteiger partial charge is 0.317 e. The van der Waals surface area contributed by atoms with Gasteiger partial charge in [-0.2, -0.15) is 0 Å². The quantitative estimate of drug-likeness (QED) is 0.713. The lowest BCUT2D eigenvalue weighted by Gasteiger charge is -2.08. The Bertz CT molecular complexity index is 463. The Kier molecular flexibility index (Phi) is 6.85. The van der Waals surface area contributed by atoms with Crippen molar-refractivity contribution in [1.29, 1.82) is 0 Å². The highest BCUT2D eigenvalue weighted by atomic mass is 79.9. The lowest BCUT2D eigenvalue weighted by molar-refractivity contribution is 0.575. The first-order valence-electron chi connectivity index (χ1n) is 5.96. The molecule has 0 spiro atoms. The van der Waals surface area contributed by atoms with Crippen LogP contribution in [-0.4, -0.2) is 27.3 Å². The molecule has 1 aromatic carbocycles. The van der Waals surface area contributed by atoms with Gasteiger partial charge in [0.1, 0.15) is 0 Å². The van der Waals surface area contributed by atoms with Crippen LogP contribution in [0.4, 0.5) is 0 Å². The van der Waals surface area contributed by atoms with E-state index < -0.39 is 10.0 Å². The zero-order valence-electron chi connectivity index (χ0n) is 10.4. The van der Waals surface area contributed by atoms with E-state index in [1.54, 1.807) is 0 Å². The second-order valence-corrected chi connectivity index (χ2v) is 6.72. The monoisotopic (exact) mass is 334 g/mol. The topological polar surface area (TPSA) is 58.2 Å². The highest BCUT2D eigenvalue weighted by Gasteiger charge is 2.10. The maximum atomic E-state index is 11.7. The van der Waals surface area contributed by atoms with Crippen LogP contribution in [0.25, 0.3) is 0 Å². The van der Waals surface area contributed by atoms with E-state index in [0.717, 1.165) is 23.1 Å². The van der Waals surface area contributed by atoms with Crippen LogP contribution in [0, 0.1) is 0 Å². The molecule has 0 atom stereocenters. The second kappa shape index (κ2) is 7.89. The lowest BCUT2D eigenvalue weighted by atomic mass is 10.2. The van der Waals surface area contributed by atoms with Gasteiger partial charge in [-0.25, -0.2) is 13.1 Å². The minimum absolute atomic E-state index is 0.157. The maximum absolute atomic E-state index is 11.7. The van der Waals surface area contributed by atoms with Crippen molar-refractivity contribution in [2.75, 3.05) is 18.8 Å². The van der Waals surface area contributed by atoms with Crippen LogP contribution in [0.15, 0.2) is 28.7 Å². The Morgan fingerprint density at radius 2 is 2.00 bits per heavy atom. The Balaban J connectivity index is 2.40. The molecule has 102 valence electrons. The van der Waals surface area contributed by atoms with Gasteiger partial charge in [0.2, 0.25) is 10.0 Å². The van der Waals surface area contributed by atoms with E-state index in [2.05, 4.69) is 26.0 Å². The third kappa shape index (κ3) is 5.95. The maximum Gasteiger partial charge on any atom is 0.211 e. The second-order valence-electron chi connectivity index (χ2n) is 3.94. The average molecular weight is 335 g/mol. The number of benzene rings is 1. The summed E-state index contributed by atoms with van der Waals surface area (Å²) in [6.45, 7) is 3.92. The Morgan fingerprint density at radius 1 is 1.28 bits per heavy atom. The van der Waals surface area contributed by atoms with Gasteiger partial charge in [0.25, 0.3) is 0 Å². The number of sulfonamides is 1. The third-order valence-corrected chi connectivity index (χ3v) is 4.64. The van der Waals surface area contributed by atoms with Crippen LogP contribution in [-0.2, 0) is 16.6 Å². The average Bonchev–Trinajstić information content (AvgIpc) is 2.34. The Labute approximate surface area is 117 Å². The molecule has 0 bridgehead atoms. The third-order valence-electron chi connectivity index (χ3n) is 2.46. The van der Waals surface area contributed by atoms with Gasteiger partial charge in [-0.15, -0.1) is 0 Å². The van der Waals surface area contributed by atoms with Crippen molar-refractivity contribution in [2.45, 2.75) is 19.9 Å². The lowest BCUT2D eigenvalue weighted by Crippen LogP contribution is -2.28. The summed E-state index contributed by atoms with van der Waals surface area (Å²) < 4.78 is 27.0. The summed E-state index contributed by atoms with van der Waals surface area (Å²) in [6, 6.07) is 7.58. The molecule has 0 aromatic heterocycles. The van der Waals surface area contributed by atoms with Crippen molar-refractivity contribution < 1.29 is 8.42 Å². The number of hydrogen-bond donors (Lipinski definition) is 2. The molecule has 6 heteroatoms. The smallest absolute Gasteiger partial charge is 0.211 e. The molecule has 18 heavy (non-hydrogen) atoms. The van der Waals surface area contributed by atoms with Gasteiger partial charge < -0.3 is 5.32 Å². The zero-order chi connectivity index (χ0) is 13.4. The van der Waals surface area contributed by atoms with Crippen LogP contribution >= 0.6 is 15.9 Å². The summed E-state index contributed by atoms with van der Waals surface area (Å²) >= 11 is 3.39. The van der Waals surface area contributed by atoms with Gasteiger partial charge in [0.15, 0.2) is 0 Å². The first-order chi connectivity index (χ1) is 8.55. The molecule has 4 nitrogen and oxygen atoms in total. The molecule has 2 N–H and O–H groups in total. The molecule has 0 heterocycles. The van der Waals surface area contributed by atoms with Crippen LogP contribution in [0.5, 0.6) is 0 Å². The van der Waals surface area contributed by atoms with Crippen molar-refractivity contribution in [3.05, 3.63) is 34.3 Å². The molecule has 0 saturated heterocycles. The van der Waals surface area contributed by atoms with Gasteiger partial charge in [-0.05, 0) is 31.1 Å². The van der Waals surface area contributed by atoms with Crippen LogP contribution < -0.4 is 10.0 Å². The molecule has 0 aliphatic carbocycles. The molecule has 0 aliphatic heterocycles. The van der Waals surface area contributed by atoms with E-state index in [1.807, 2.05) is 31.2 Å². The summed E-state index contributed by atoms with van der Waals surface area (Å²) in [7, 11) is -3.19. The first-order valence-corrected chi connectivity index (χ1v) is 8.41. The summed E-state index contributed by atoms with van der Waals surface area (Å²) in [5.74, 6) is 0.157. The van der Waals surface area contributed by atoms with E-state index in [4.69, 9.17) is 0 Å². The van der Waals surface area contributed by atoms with Crippen LogP contribution in [0.2, 0.25) is 0 Å². The first kappa shape index (κ1) is 15.6. The highest BCUT2D eigenvalue weighted by Crippen LogP contribution is 2.15. The molecule has 0 amide bonds. The van der Waals surface area contributed by atoms with Crippen molar-refractivity contribution in [1.82, 2.24) is 10.0 Å². The van der Waals surface area contributed by atoms with E-state index in [9.17, 15) is 8.42 Å². The molecular formula is C12H19BrN2O2S. The van der Waals surface area contributed by atoms with E-state index >= 15 is 0 Å². The summed E-state index contributed by atoms with van der Waals surface area (Å²) in [4.78, 5) is 0. The van der Waals surface area contributed by atoms with Crippen molar-refractivity contribution in [2.24, 2.45) is 0 Å². The summed E-state index contributed by atoms with van der Waals surface area (Å²) in [6.07, 6.45) is 0.624. The molecule has 0 fully saturated rings. The fourth-order valence-corrected chi connectivity index (χ4v) is 2.93. The minimum Gasteiger partial charge on any atom is -0.317 e. The van der Waals surface area contributed by atoms with Crippen molar-refractivity contribution in [3.63, 3.8) is 0 Å². The predicted octanol–water partition coefficient (Wildman–Crippen LogP) is 1.87.